The van der Waals surface area contributed by atoms with Crippen LogP contribution in [0.3, 0.4) is 0 Å². The maximum atomic E-state index is 5.54. The van der Waals surface area contributed by atoms with Gasteiger partial charge in [-0.05, 0) is 50.6 Å². The summed E-state index contributed by atoms with van der Waals surface area (Å²) in [6.07, 6.45) is 10.7. The van der Waals surface area contributed by atoms with Crippen molar-refractivity contribution in [2.24, 2.45) is 0 Å². The molecule has 0 unspecified atom stereocenters. The van der Waals surface area contributed by atoms with Gasteiger partial charge in [-0.1, -0.05) is 0 Å². The first kappa shape index (κ1) is 15.3. The van der Waals surface area contributed by atoms with Crippen molar-refractivity contribution in [3.05, 3.63) is 29.8 Å². The Morgan fingerprint density at radius 2 is 2.08 bits per heavy atom. The summed E-state index contributed by atoms with van der Waals surface area (Å²) in [5.74, 6) is 1.08. The van der Waals surface area contributed by atoms with E-state index in [4.69, 9.17) is 9.72 Å². The van der Waals surface area contributed by atoms with Crippen LogP contribution >= 0.6 is 0 Å². The Morgan fingerprint density at radius 3 is 2.92 bits per heavy atom. The Morgan fingerprint density at radius 1 is 1.20 bits per heavy atom. The predicted octanol–water partition coefficient (Wildman–Crippen LogP) is 2.96. The van der Waals surface area contributed by atoms with Gasteiger partial charge in [0.25, 0.3) is 0 Å². The van der Waals surface area contributed by atoms with Gasteiger partial charge < -0.3 is 15.0 Å². The molecule has 0 aliphatic carbocycles. The average Bonchev–Trinajstić information content (AvgIpc) is 3.26. The minimum atomic E-state index is 0.539. The number of nitrogens with one attached hydrogen (secondary N) is 2. The zero-order valence-electron chi connectivity index (χ0n) is 14.7. The average molecular weight is 339 g/mol. The predicted molar refractivity (Wildman–Crippen MR) is 97.1 cm³/mol. The van der Waals surface area contributed by atoms with Crippen LogP contribution in [-0.2, 0) is 4.74 Å². The van der Waals surface area contributed by atoms with E-state index in [0.717, 1.165) is 56.7 Å². The minimum Gasteiger partial charge on any atom is -0.381 e. The second-order valence-corrected chi connectivity index (χ2v) is 7.56. The van der Waals surface area contributed by atoms with Crippen molar-refractivity contribution in [3.63, 3.8) is 0 Å². The van der Waals surface area contributed by atoms with Crippen LogP contribution in [0.4, 0.5) is 0 Å². The number of H-pyrrole nitrogens is 1. The molecule has 0 saturated carbocycles. The van der Waals surface area contributed by atoms with Gasteiger partial charge in [-0.25, -0.2) is 9.97 Å². The molecule has 0 radical (unpaired) electrons. The van der Waals surface area contributed by atoms with Gasteiger partial charge in [0.2, 0.25) is 0 Å². The largest absolute Gasteiger partial charge is 0.381 e. The molecule has 6 heteroatoms. The molecule has 132 valence electrons. The number of hydrogen-bond donors (Lipinski definition) is 2. The summed E-state index contributed by atoms with van der Waals surface area (Å²) >= 11 is 0. The highest BCUT2D eigenvalue weighted by Gasteiger charge is 2.25. The molecule has 2 N–H and O–H groups in total. The topological polar surface area (TPSA) is 67.2 Å². The number of nitrogens with zero attached hydrogens (tertiary/aromatic N) is 3. The normalized spacial score (nSPS) is 25.8. The Bertz CT molecular complexity index is 892. The van der Waals surface area contributed by atoms with E-state index in [-0.39, 0.29) is 0 Å². The standard InChI is InChI=1S/C19H25N5O/c1-12-8-14(2-5-20-12)16-11-24-17(23-16)10-22-19-18(24)15(9-21-19)13-3-6-25-7-4-13/h9-14,20-21H,2-8H2,1H3/t12-,14-/m0/s1. The lowest BCUT2D eigenvalue weighted by atomic mass is 9.91. The molecule has 2 aliphatic rings. The molecule has 0 amide bonds. The number of fused-ring (bicyclic) bond motifs is 3. The lowest BCUT2D eigenvalue weighted by Crippen LogP contribution is -2.34. The van der Waals surface area contributed by atoms with Gasteiger partial charge in [0, 0.05) is 37.6 Å². The second kappa shape index (κ2) is 6.11. The molecule has 0 aromatic carbocycles. The monoisotopic (exact) mass is 339 g/mol. The van der Waals surface area contributed by atoms with Gasteiger partial charge in [0.15, 0.2) is 11.3 Å². The smallest absolute Gasteiger partial charge is 0.156 e. The maximum Gasteiger partial charge on any atom is 0.156 e. The van der Waals surface area contributed by atoms with E-state index in [2.05, 4.69) is 39.0 Å². The van der Waals surface area contributed by atoms with Crippen LogP contribution in [0.5, 0.6) is 0 Å². The third kappa shape index (κ3) is 2.64. The summed E-state index contributed by atoms with van der Waals surface area (Å²) in [6.45, 7) is 5.04. The van der Waals surface area contributed by atoms with Crippen molar-refractivity contribution in [1.82, 2.24) is 24.7 Å². The first-order valence-electron chi connectivity index (χ1n) is 9.45. The molecule has 5 rings (SSSR count). The third-order valence-corrected chi connectivity index (χ3v) is 5.87. The number of aromatic amines is 1. The maximum absolute atomic E-state index is 5.54. The van der Waals surface area contributed by atoms with Gasteiger partial charge in [0.1, 0.15) is 0 Å². The fourth-order valence-corrected chi connectivity index (χ4v) is 4.49. The third-order valence-electron chi connectivity index (χ3n) is 5.87. The summed E-state index contributed by atoms with van der Waals surface area (Å²) in [5.41, 5.74) is 5.68. The highest BCUT2D eigenvalue weighted by atomic mass is 16.5. The van der Waals surface area contributed by atoms with Crippen LogP contribution in [0.15, 0.2) is 18.6 Å². The van der Waals surface area contributed by atoms with Crippen LogP contribution in [0.1, 0.15) is 55.7 Å². The minimum absolute atomic E-state index is 0.539. The number of rotatable bonds is 2. The zero-order chi connectivity index (χ0) is 16.8. The zero-order valence-corrected chi connectivity index (χ0v) is 14.7. The van der Waals surface area contributed by atoms with Gasteiger partial charge in [0.05, 0.1) is 17.4 Å². The number of imidazole rings is 1. The SMILES string of the molecule is C[C@H]1C[C@@H](c2cn3c(cnc4[nH]cc(C5CCOCC5)c43)n2)CCN1. The molecule has 6 nitrogen and oxygen atoms in total. The van der Waals surface area contributed by atoms with E-state index in [1.54, 1.807) is 0 Å². The van der Waals surface area contributed by atoms with Crippen LogP contribution < -0.4 is 5.32 Å². The number of hydrogen-bond acceptors (Lipinski definition) is 4. The first-order valence-corrected chi connectivity index (χ1v) is 9.45. The van der Waals surface area contributed by atoms with E-state index in [0.29, 0.717) is 17.9 Å². The molecule has 0 bridgehead atoms. The molecule has 3 aromatic rings. The van der Waals surface area contributed by atoms with Gasteiger partial charge in [-0.15, -0.1) is 0 Å². The van der Waals surface area contributed by atoms with Gasteiger partial charge in [-0.3, -0.25) is 4.40 Å². The first-order chi connectivity index (χ1) is 12.3. The lowest BCUT2D eigenvalue weighted by Gasteiger charge is -2.26. The molecule has 3 aromatic heterocycles. The molecule has 2 atom stereocenters. The number of aromatic nitrogens is 4. The molecule has 25 heavy (non-hydrogen) atoms. The quantitative estimate of drug-likeness (QED) is 0.753. The Kier molecular flexibility index (Phi) is 3.75. The Labute approximate surface area is 147 Å². The Balaban J connectivity index is 1.60. The number of ether oxygens (including phenoxy) is 1. The van der Waals surface area contributed by atoms with Crippen LogP contribution in [0.25, 0.3) is 16.8 Å². The van der Waals surface area contributed by atoms with Crippen molar-refractivity contribution in [3.8, 4) is 0 Å². The number of piperidine rings is 1. The van der Waals surface area contributed by atoms with Crippen molar-refractivity contribution in [1.29, 1.82) is 0 Å². The van der Waals surface area contributed by atoms with E-state index >= 15 is 0 Å². The molecule has 5 heterocycles. The molecule has 2 fully saturated rings. The van der Waals surface area contributed by atoms with Crippen molar-refractivity contribution >= 4 is 16.8 Å². The molecule has 2 saturated heterocycles. The van der Waals surface area contributed by atoms with Crippen molar-refractivity contribution in [2.45, 2.75) is 50.5 Å². The van der Waals surface area contributed by atoms with Crippen LogP contribution in [0, 0.1) is 0 Å². The molecule has 0 spiro atoms. The van der Waals surface area contributed by atoms with E-state index < -0.39 is 0 Å². The van der Waals surface area contributed by atoms with Crippen LogP contribution in [0.2, 0.25) is 0 Å². The second-order valence-electron chi connectivity index (χ2n) is 7.56. The fourth-order valence-electron chi connectivity index (χ4n) is 4.49. The molecular formula is C19H25N5O. The van der Waals surface area contributed by atoms with E-state index in [9.17, 15) is 0 Å². The molecular weight excluding hydrogens is 314 g/mol. The lowest BCUT2D eigenvalue weighted by molar-refractivity contribution is 0.0856. The van der Waals surface area contributed by atoms with E-state index in [1.807, 2.05) is 6.20 Å². The fraction of sp³-hybridized carbons (Fsp3) is 0.579. The highest BCUT2D eigenvalue weighted by molar-refractivity contribution is 5.79. The highest BCUT2D eigenvalue weighted by Crippen LogP contribution is 2.33. The molecule has 2 aliphatic heterocycles. The van der Waals surface area contributed by atoms with Gasteiger partial charge >= 0.3 is 0 Å². The summed E-state index contributed by atoms with van der Waals surface area (Å²) in [6, 6.07) is 0.562. The van der Waals surface area contributed by atoms with Gasteiger partial charge in [-0.2, -0.15) is 0 Å². The van der Waals surface area contributed by atoms with Crippen molar-refractivity contribution in [2.75, 3.05) is 19.8 Å². The summed E-state index contributed by atoms with van der Waals surface area (Å²) in [5, 5.41) is 3.53. The summed E-state index contributed by atoms with van der Waals surface area (Å²) in [4.78, 5) is 12.9. The van der Waals surface area contributed by atoms with Crippen LogP contribution in [-0.4, -0.2) is 45.2 Å². The van der Waals surface area contributed by atoms with Crippen molar-refractivity contribution < 1.29 is 4.74 Å². The summed E-state index contributed by atoms with van der Waals surface area (Å²) in [7, 11) is 0. The Hall–Kier alpha value is -1.92. The van der Waals surface area contributed by atoms with E-state index in [1.165, 1.54) is 16.8 Å². The summed E-state index contributed by atoms with van der Waals surface area (Å²) < 4.78 is 7.80.